The highest BCUT2D eigenvalue weighted by molar-refractivity contribution is 5.49. The second-order valence-corrected chi connectivity index (χ2v) is 6.79. The molecule has 1 aliphatic carbocycles. The Labute approximate surface area is 128 Å². The van der Waals surface area contributed by atoms with Gasteiger partial charge in [0.2, 0.25) is 0 Å². The maximum Gasteiger partial charge on any atom is 0.127 e. The van der Waals surface area contributed by atoms with Gasteiger partial charge < -0.3 is 15.2 Å². The lowest BCUT2D eigenvalue weighted by Gasteiger charge is -2.40. The second-order valence-electron chi connectivity index (χ2n) is 6.79. The quantitative estimate of drug-likeness (QED) is 0.888. The highest BCUT2D eigenvalue weighted by Crippen LogP contribution is 2.46. The summed E-state index contributed by atoms with van der Waals surface area (Å²) in [7, 11) is 3.41. The van der Waals surface area contributed by atoms with Gasteiger partial charge in [-0.15, -0.1) is 0 Å². The van der Waals surface area contributed by atoms with Crippen LogP contribution in [0.2, 0.25) is 0 Å². The Morgan fingerprint density at radius 3 is 2.38 bits per heavy atom. The lowest BCUT2D eigenvalue weighted by Crippen LogP contribution is -2.42. The fourth-order valence-corrected chi connectivity index (χ4v) is 3.86. The third-order valence-corrected chi connectivity index (χ3v) is 4.62. The van der Waals surface area contributed by atoms with Gasteiger partial charge in [-0.25, -0.2) is 0 Å². The van der Waals surface area contributed by atoms with Crippen molar-refractivity contribution in [1.29, 1.82) is 0 Å². The molecule has 1 aromatic rings. The first-order valence-electron chi connectivity index (χ1n) is 8.00. The molecule has 2 atom stereocenters. The first kappa shape index (κ1) is 16.2. The van der Waals surface area contributed by atoms with Crippen LogP contribution in [-0.2, 0) is 5.54 Å². The standard InChI is InChI=1S/C18H29NO2/c1-13(2)11-14-7-6-10-18(19,12-14)17-15(20-3)8-5-9-16(17)21-4/h5,8-9,13-14H,6-7,10-12,19H2,1-4H3. The zero-order valence-electron chi connectivity index (χ0n) is 13.8. The molecule has 0 spiro atoms. The van der Waals surface area contributed by atoms with Crippen LogP contribution in [0.4, 0.5) is 0 Å². The summed E-state index contributed by atoms with van der Waals surface area (Å²) in [6.45, 7) is 4.58. The van der Waals surface area contributed by atoms with E-state index in [4.69, 9.17) is 15.2 Å². The normalized spacial score (nSPS) is 25.9. The number of ether oxygens (including phenoxy) is 2. The molecule has 21 heavy (non-hydrogen) atoms. The van der Waals surface area contributed by atoms with Gasteiger partial charge in [0.05, 0.1) is 19.8 Å². The van der Waals surface area contributed by atoms with Crippen molar-refractivity contribution in [2.24, 2.45) is 17.6 Å². The molecule has 1 aromatic carbocycles. The predicted molar refractivity (Wildman–Crippen MR) is 86.8 cm³/mol. The van der Waals surface area contributed by atoms with Crippen molar-refractivity contribution in [3.63, 3.8) is 0 Å². The van der Waals surface area contributed by atoms with Crippen molar-refractivity contribution in [2.45, 2.75) is 51.5 Å². The largest absolute Gasteiger partial charge is 0.496 e. The van der Waals surface area contributed by atoms with Gasteiger partial charge in [0.15, 0.2) is 0 Å². The van der Waals surface area contributed by atoms with Crippen LogP contribution in [-0.4, -0.2) is 14.2 Å². The molecule has 1 aliphatic rings. The lowest BCUT2D eigenvalue weighted by atomic mass is 9.70. The molecule has 118 valence electrons. The van der Waals surface area contributed by atoms with E-state index in [0.29, 0.717) is 5.92 Å². The van der Waals surface area contributed by atoms with Crippen LogP contribution in [0.25, 0.3) is 0 Å². The van der Waals surface area contributed by atoms with E-state index >= 15 is 0 Å². The maximum absolute atomic E-state index is 6.84. The van der Waals surface area contributed by atoms with E-state index in [1.807, 2.05) is 18.2 Å². The van der Waals surface area contributed by atoms with Gasteiger partial charge in [-0.05, 0) is 43.2 Å². The molecule has 1 fully saturated rings. The van der Waals surface area contributed by atoms with E-state index in [0.717, 1.165) is 35.8 Å². The molecular formula is C18H29NO2. The summed E-state index contributed by atoms with van der Waals surface area (Å²) in [4.78, 5) is 0. The van der Waals surface area contributed by atoms with Crippen molar-refractivity contribution in [2.75, 3.05) is 14.2 Å². The molecule has 0 heterocycles. The highest BCUT2D eigenvalue weighted by atomic mass is 16.5. The van der Waals surface area contributed by atoms with Crippen molar-refractivity contribution in [3.8, 4) is 11.5 Å². The molecule has 1 saturated carbocycles. The Morgan fingerprint density at radius 1 is 1.24 bits per heavy atom. The predicted octanol–water partition coefficient (Wildman–Crippen LogP) is 4.09. The zero-order valence-corrected chi connectivity index (χ0v) is 13.8. The molecule has 0 bridgehead atoms. The molecule has 3 nitrogen and oxygen atoms in total. The molecule has 0 aromatic heterocycles. The van der Waals surface area contributed by atoms with Crippen molar-refractivity contribution in [3.05, 3.63) is 23.8 Å². The Bertz CT molecular complexity index is 450. The highest BCUT2D eigenvalue weighted by Gasteiger charge is 2.38. The molecule has 2 N–H and O–H groups in total. The fourth-order valence-electron chi connectivity index (χ4n) is 3.86. The summed E-state index contributed by atoms with van der Waals surface area (Å²) in [5, 5.41) is 0. The molecule has 0 aliphatic heterocycles. The second kappa shape index (κ2) is 6.69. The van der Waals surface area contributed by atoms with Crippen molar-refractivity contribution in [1.82, 2.24) is 0 Å². The average molecular weight is 291 g/mol. The Kier molecular flexibility index (Phi) is 5.15. The van der Waals surface area contributed by atoms with Crippen molar-refractivity contribution >= 4 is 0 Å². The number of hydrogen-bond acceptors (Lipinski definition) is 3. The summed E-state index contributed by atoms with van der Waals surface area (Å²) >= 11 is 0. The Hall–Kier alpha value is -1.22. The minimum absolute atomic E-state index is 0.338. The maximum atomic E-state index is 6.84. The van der Waals surface area contributed by atoms with Crippen molar-refractivity contribution < 1.29 is 9.47 Å². The van der Waals surface area contributed by atoms with Crippen LogP contribution >= 0.6 is 0 Å². The van der Waals surface area contributed by atoms with Crippen LogP contribution in [0.1, 0.15) is 51.5 Å². The van der Waals surface area contributed by atoms with E-state index < -0.39 is 0 Å². The van der Waals surface area contributed by atoms with Crippen LogP contribution in [0.5, 0.6) is 11.5 Å². The van der Waals surface area contributed by atoms with Crippen LogP contribution in [0, 0.1) is 11.8 Å². The monoisotopic (exact) mass is 291 g/mol. The number of benzene rings is 1. The summed E-state index contributed by atoms with van der Waals surface area (Å²) < 4.78 is 11.1. The third kappa shape index (κ3) is 3.52. The van der Waals surface area contributed by atoms with Gasteiger partial charge in [0.25, 0.3) is 0 Å². The van der Waals surface area contributed by atoms with E-state index in [1.54, 1.807) is 14.2 Å². The van der Waals surface area contributed by atoms with Gasteiger partial charge in [0, 0.05) is 5.54 Å². The topological polar surface area (TPSA) is 44.5 Å². The lowest BCUT2D eigenvalue weighted by molar-refractivity contribution is 0.194. The van der Waals surface area contributed by atoms with Gasteiger partial charge in [-0.1, -0.05) is 32.8 Å². The average Bonchev–Trinajstić information content (AvgIpc) is 2.45. The molecule has 0 saturated heterocycles. The minimum atomic E-state index is -0.338. The van der Waals surface area contributed by atoms with E-state index in [-0.39, 0.29) is 5.54 Å². The van der Waals surface area contributed by atoms with Gasteiger partial charge in [-0.2, -0.15) is 0 Å². The number of methoxy groups -OCH3 is 2. The van der Waals surface area contributed by atoms with Crippen LogP contribution in [0.3, 0.4) is 0 Å². The molecule has 2 unspecified atom stereocenters. The summed E-state index contributed by atoms with van der Waals surface area (Å²) in [6, 6.07) is 5.93. The number of nitrogens with two attached hydrogens (primary N) is 1. The first-order valence-corrected chi connectivity index (χ1v) is 8.00. The minimum Gasteiger partial charge on any atom is -0.496 e. The molecule has 0 radical (unpaired) electrons. The van der Waals surface area contributed by atoms with E-state index in [1.165, 1.54) is 19.3 Å². The summed E-state index contributed by atoms with van der Waals surface area (Å²) in [5.41, 5.74) is 7.55. The SMILES string of the molecule is COc1cccc(OC)c1C1(N)CCCC(CC(C)C)C1. The smallest absolute Gasteiger partial charge is 0.127 e. The first-order chi connectivity index (χ1) is 10.00. The van der Waals surface area contributed by atoms with Gasteiger partial charge in [0.1, 0.15) is 11.5 Å². The van der Waals surface area contributed by atoms with Gasteiger partial charge >= 0.3 is 0 Å². The molecule has 3 heteroatoms. The molecular weight excluding hydrogens is 262 g/mol. The van der Waals surface area contributed by atoms with Crippen LogP contribution in [0.15, 0.2) is 18.2 Å². The fraction of sp³-hybridized carbons (Fsp3) is 0.667. The Morgan fingerprint density at radius 2 is 1.86 bits per heavy atom. The van der Waals surface area contributed by atoms with E-state index in [2.05, 4.69) is 13.8 Å². The van der Waals surface area contributed by atoms with E-state index in [9.17, 15) is 0 Å². The van der Waals surface area contributed by atoms with Crippen LogP contribution < -0.4 is 15.2 Å². The zero-order chi connectivity index (χ0) is 15.5. The molecule has 0 amide bonds. The Balaban J connectivity index is 2.34. The number of rotatable bonds is 5. The number of hydrogen-bond donors (Lipinski definition) is 1. The van der Waals surface area contributed by atoms with Gasteiger partial charge in [-0.3, -0.25) is 0 Å². The summed E-state index contributed by atoms with van der Waals surface area (Å²) in [5.74, 6) is 3.11. The third-order valence-electron chi connectivity index (χ3n) is 4.62. The summed E-state index contributed by atoms with van der Waals surface area (Å²) in [6.07, 6.45) is 5.72. The molecule has 2 rings (SSSR count).